The van der Waals surface area contributed by atoms with E-state index in [9.17, 15) is 22.8 Å². The number of ether oxygens (including phenoxy) is 1. The van der Waals surface area contributed by atoms with Gasteiger partial charge >= 0.3 is 6.18 Å². The molecule has 1 aromatic heterocycles. The lowest BCUT2D eigenvalue weighted by Gasteiger charge is -2.33. The minimum Gasteiger partial charge on any atom is -0.497 e. The van der Waals surface area contributed by atoms with Crippen LogP contribution in [0.4, 0.5) is 18.9 Å². The van der Waals surface area contributed by atoms with E-state index >= 15 is 0 Å². The van der Waals surface area contributed by atoms with Crippen LogP contribution in [0, 0.1) is 5.92 Å². The molecule has 2 N–H and O–H groups in total. The van der Waals surface area contributed by atoms with Crippen LogP contribution in [0.25, 0.3) is 0 Å². The standard InChI is InChI=1S/C25H31F3N4O3/c1-24(2,3)31-22(33)17-8-10-32(11-9-17)15-16-12-18(14-19(13-16)35-4)29-23(34)20-6-5-7-21(30-20)25(26,27)28/h5-7,12-14,17H,8-11,15H2,1-4H3,(H,29,34)(H,31,33). The molecule has 1 aromatic carbocycles. The van der Waals surface area contributed by atoms with Gasteiger partial charge in [0.05, 0.1) is 7.11 Å². The van der Waals surface area contributed by atoms with Crippen molar-refractivity contribution < 1.29 is 27.5 Å². The fourth-order valence-electron chi connectivity index (χ4n) is 3.94. The van der Waals surface area contributed by atoms with Crippen molar-refractivity contribution in [2.75, 3.05) is 25.5 Å². The number of anilines is 1. The van der Waals surface area contributed by atoms with Gasteiger partial charge in [0.15, 0.2) is 0 Å². The first-order chi connectivity index (χ1) is 16.3. The average Bonchev–Trinajstić information content (AvgIpc) is 2.77. The lowest BCUT2D eigenvalue weighted by Crippen LogP contribution is -2.46. The number of alkyl halides is 3. The van der Waals surface area contributed by atoms with Crippen molar-refractivity contribution in [3.05, 3.63) is 53.3 Å². The summed E-state index contributed by atoms with van der Waals surface area (Å²) in [6.45, 7) is 7.95. The molecule has 35 heavy (non-hydrogen) atoms. The van der Waals surface area contributed by atoms with Crippen molar-refractivity contribution in [3.8, 4) is 5.75 Å². The van der Waals surface area contributed by atoms with Gasteiger partial charge in [-0.25, -0.2) is 4.98 Å². The number of hydrogen-bond acceptors (Lipinski definition) is 5. The number of piperidine rings is 1. The number of carbonyl (C=O) groups excluding carboxylic acids is 2. The zero-order valence-electron chi connectivity index (χ0n) is 20.3. The van der Waals surface area contributed by atoms with Gasteiger partial charge in [-0.15, -0.1) is 0 Å². The van der Waals surface area contributed by atoms with Crippen molar-refractivity contribution in [1.29, 1.82) is 0 Å². The molecular formula is C25H31F3N4O3. The number of methoxy groups -OCH3 is 1. The molecule has 1 saturated heterocycles. The minimum atomic E-state index is -4.64. The molecule has 0 aliphatic carbocycles. The van der Waals surface area contributed by atoms with E-state index in [1.807, 2.05) is 26.8 Å². The highest BCUT2D eigenvalue weighted by atomic mass is 19.4. The Balaban J connectivity index is 1.65. The maximum atomic E-state index is 12.9. The highest BCUT2D eigenvalue weighted by Crippen LogP contribution is 2.28. The number of hydrogen-bond donors (Lipinski definition) is 2. The molecule has 3 rings (SSSR count). The summed E-state index contributed by atoms with van der Waals surface area (Å²) in [5.74, 6) is -0.187. The summed E-state index contributed by atoms with van der Waals surface area (Å²) in [6.07, 6.45) is -3.15. The van der Waals surface area contributed by atoms with E-state index in [-0.39, 0.29) is 23.1 Å². The van der Waals surface area contributed by atoms with Crippen molar-refractivity contribution in [1.82, 2.24) is 15.2 Å². The molecule has 7 nitrogen and oxygen atoms in total. The van der Waals surface area contributed by atoms with Crippen molar-refractivity contribution >= 4 is 17.5 Å². The first-order valence-corrected chi connectivity index (χ1v) is 11.4. The van der Waals surface area contributed by atoms with Crippen molar-refractivity contribution in [3.63, 3.8) is 0 Å². The Morgan fingerprint density at radius 3 is 2.40 bits per heavy atom. The lowest BCUT2D eigenvalue weighted by atomic mass is 9.94. The van der Waals surface area contributed by atoms with Crippen LogP contribution in [0.1, 0.15) is 55.4 Å². The van der Waals surface area contributed by atoms with Crippen LogP contribution in [0.5, 0.6) is 5.75 Å². The van der Waals surface area contributed by atoms with E-state index in [2.05, 4.69) is 20.5 Å². The molecule has 0 unspecified atom stereocenters. The summed E-state index contributed by atoms with van der Waals surface area (Å²) in [5, 5.41) is 5.65. The Morgan fingerprint density at radius 1 is 1.11 bits per heavy atom. The van der Waals surface area contributed by atoms with Crippen LogP contribution in [0.15, 0.2) is 36.4 Å². The van der Waals surface area contributed by atoms with Crippen LogP contribution >= 0.6 is 0 Å². The number of pyridine rings is 1. The molecule has 1 fully saturated rings. The van der Waals surface area contributed by atoms with Crippen LogP contribution in [0.3, 0.4) is 0 Å². The molecule has 0 atom stereocenters. The number of nitrogens with one attached hydrogen (secondary N) is 2. The highest BCUT2D eigenvalue weighted by Gasteiger charge is 2.33. The number of halogens is 3. The van der Waals surface area contributed by atoms with E-state index in [1.165, 1.54) is 13.2 Å². The maximum Gasteiger partial charge on any atom is 0.433 e. The van der Waals surface area contributed by atoms with E-state index in [0.29, 0.717) is 18.0 Å². The fourth-order valence-corrected chi connectivity index (χ4v) is 3.94. The summed E-state index contributed by atoms with van der Waals surface area (Å²) >= 11 is 0. The molecule has 0 saturated carbocycles. The third-order valence-electron chi connectivity index (χ3n) is 5.59. The molecule has 2 heterocycles. The van der Waals surface area contributed by atoms with Crippen LogP contribution in [-0.4, -0.2) is 47.4 Å². The van der Waals surface area contributed by atoms with Gasteiger partial charge in [0.25, 0.3) is 5.91 Å². The second-order valence-corrected chi connectivity index (χ2v) is 9.72. The van der Waals surface area contributed by atoms with Gasteiger partial charge in [0.2, 0.25) is 5.91 Å². The number of benzene rings is 1. The van der Waals surface area contributed by atoms with E-state index in [1.54, 1.807) is 12.1 Å². The minimum absolute atomic E-state index is 0.0226. The van der Waals surface area contributed by atoms with Crippen LogP contribution in [-0.2, 0) is 17.5 Å². The second kappa shape index (κ2) is 10.6. The predicted molar refractivity (Wildman–Crippen MR) is 126 cm³/mol. The topological polar surface area (TPSA) is 83.6 Å². The molecule has 0 bridgehead atoms. The average molecular weight is 493 g/mol. The molecule has 10 heteroatoms. The second-order valence-electron chi connectivity index (χ2n) is 9.72. The molecular weight excluding hydrogens is 461 g/mol. The summed E-state index contributed by atoms with van der Waals surface area (Å²) in [7, 11) is 1.50. The number of nitrogens with zero attached hydrogens (tertiary/aromatic N) is 2. The third-order valence-corrected chi connectivity index (χ3v) is 5.59. The maximum absolute atomic E-state index is 12.9. The molecule has 0 spiro atoms. The Morgan fingerprint density at radius 2 is 1.80 bits per heavy atom. The van der Waals surface area contributed by atoms with Gasteiger partial charge in [0, 0.05) is 29.8 Å². The Hall–Kier alpha value is -3.14. The molecule has 190 valence electrons. The van der Waals surface area contributed by atoms with Gasteiger partial charge in [-0.3, -0.25) is 14.5 Å². The lowest BCUT2D eigenvalue weighted by molar-refractivity contribution is -0.141. The molecule has 1 aliphatic heterocycles. The normalized spacial score (nSPS) is 15.5. The zero-order chi connectivity index (χ0) is 25.8. The Kier molecular flexibility index (Phi) is 8.04. The van der Waals surface area contributed by atoms with Gasteiger partial charge in [-0.2, -0.15) is 13.2 Å². The number of aromatic nitrogens is 1. The van der Waals surface area contributed by atoms with Gasteiger partial charge < -0.3 is 15.4 Å². The molecule has 0 radical (unpaired) electrons. The van der Waals surface area contributed by atoms with Gasteiger partial charge in [0.1, 0.15) is 17.1 Å². The summed E-state index contributed by atoms with van der Waals surface area (Å²) in [4.78, 5) is 30.7. The monoisotopic (exact) mass is 492 g/mol. The first-order valence-electron chi connectivity index (χ1n) is 11.4. The highest BCUT2D eigenvalue weighted by molar-refractivity contribution is 6.03. The van der Waals surface area contributed by atoms with Crippen LogP contribution < -0.4 is 15.4 Å². The Labute approximate surface area is 203 Å². The van der Waals surface area contributed by atoms with Crippen molar-refractivity contribution in [2.45, 2.75) is 51.9 Å². The van der Waals surface area contributed by atoms with Gasteiger partial charge in [-0.05, 0) is 76.5 Å². The smallest absolute Gasteiger partial charge is 0.433 e. The largest absolute Gasteiger partial charge is 0.497 e. The summed E-state index contributed by atoms with van der Waals surface area (Å²) < 4.78 is 44.2. The number of likely N-dealkylation sites (tertiary alicyclic amines) is 1. The van der Waals surface area contributed by atoms with E-state index in [0.717, 1.165) is 43.6 Å². The number of rotatable bonds is 6. The summed E-state index contributed by atoms with van der Waals surface area (Å²) in [6, 6.07) is 8.39. The SMILES string of the molecule is COc1cc(CN2CCC(C(=O)NC(C)(C)C)CC2)cc(NC(=O)c2cccc(C(F)(F)F)n2)c1. The third kappa shape index (κ3) is 7.68. The van der Waals surface area contributed by atoms with Crippen LogP contribution in [0.2, 0.25) is 0 Å². The van der Waals surface area contributed by atoms with Gasteiger partial charge in [-0.1, -0.05) is 6.07 Å². The van der Waals surface area contributed by atoms with Crippen molar-refractivity contribution in [2.24, 2.45) is 5.92 Å². The molecule has 2 amide bonds. The fraction of sp³-hybridized carbons (Fsp3) is 0.480. The molecule has 1 aliphatic rings. The van der Waals surface area contributed by atoms with E-state index in [4.69, 9.17) is 4.74 Å². The number of amides is 2. The predicted octanol–water partition coefficient (Wildman–Crippen LogP) is 4.49. The summed E-state index contributed by atoms with van der Waals surface area (Å²) in [5.41, 5.74) is -0.465. The zero-order valence-corrected chi connectivity index (χ0v) is 20.3. The Bertz CT molecular complexity index is 1060. The first kappa shape index (κ1) is 26.5. The number of carbonyl (C=O) groups is 2. The quantitative estimate of drug-likeness (QED) is 0.621. The van der Waals surface area contributed by atoms with E-state index < -0.39 is 17.8 Å². The molecule has 2 aromatic rings.